The number of carbonyl (C=O) groups excluding carboxylic acids is 2. The lowest BCUT2D eigenvalue weighted by Gasteiger charge is -2.23. The molecule has 0 saturated carbocycles. The molecule has 7 N–H and O–H groups in total. The summed E-state index contributed by atoms with van der Waals surface area (Å²) in [5.41, 5.74) is 5.09. The van der Waals surface area contributed by atoms with Crippen LogP contribution in [0.1, 0.15) is 26.5 Å². The molecule has 15 heteroatoms. The van der Waals surface area contributed by atoms with Crippen LogP contribution in [0, 0.1) is 0 Å². The number of aromatic nitrogens is 2. The molecule has 0 radical (unpaired) electrons. The van der Waals surface area contributed by atoms with E-state index >= 15 is 0 Å². The van der Waals surface area contributed by atoms with E-state index in [4.69, 9.17) is 15.2 Å². The zero-order valence-electron chi connectivity index (χ0n) is 19.8. The number of anilines is 1. The minimum atomic E-state index is -1.56. The van der Waals surface area contributed by atoms with Crippen LogP contribution >= 0.6 is 11.8 Å². The molecule has 0 aliphatic carbocycles. The van der Waals surface area contributed by atoms with Crippen molar-refractivity contribution in [3.63, 3.8) is 0 Å². The van der Waals surface area contributed by atoms with Gasteiger partial charge in [-0.1, -0.05) is 13.5 Å². The number of carboxylic acid groups (broad SMARTS) is 1. The minimum absolute atomic E-state index is 0.150. The van der Waals surface area contributed by atoms with Gasteiger partial charge in [-0.3, -0.25) is 14.7 Å². The molecule has 1 aromatic heterocycles. The van der Waals surface area contributed by atoms with Crippen LogP contribution < -0.4 is 22.1 Å². The average Bonchev–Trinajstić information content (AvgIpc) is 3.10. The van der Waals surface area contributed by atoms with Crippen molar-refractivity contribution in [2.75, 3.05) is 23.4 Å². The maximum absolute atomic E-state index is 12.4. The second-order valence-corrected chi connectivity index (χ2v) is 9.28. The Morgan fingerprint density at radius 3 is 2.67 bits per heavy atom. The molecule has 0 aromatic carbocycles. The zero-order chi connectivity index (χ0) is 27.0. The molecule has 2 heterocycles. The highest BCUT2D eigenvalue weighted by atomic mass is 32.2. The lowest BCUT2D eigenvalue weighted by atomic mass is 10.1. The monoisotopic (exact) mass is 529 g/mol. The largest absolute Gasteiger partial charge is 0.480 e. The topological polar surface area (TPSA) is 215 Å². The van der Waals surface area contributed by atoms with Crippen LogP contribution in [-0.4, -0.2) is 91.3 Å². The van der Waals surface area contributed by atoms with Gasteiger partial charge in [0.1, 0.15) is 24.1 Å². The molecule has 6 atom stereocenters. The van der Waals surface area contributed by atoms with Crippen LogP contribution in [0.3, 0.4) is 0 Å². The molecule has 14 nitrogen and oxygen atoms in total. The molecule has 1 aliphatic heterocycles. The van der Waals surface area contributed by atoms with Crippen molar-refractivity contribution >= 4 is 35.5 Å². The fourth-order valence-corrected chi connectivity index (χ4v) is 3.97. The number of carbonyl (C=O) groups is 3. The molecular weight excluding hydrogens is 498 g/mol. The van der Waals surface area contributed by atoms with Gasteiger partial charge in [0, 0.05) is 11.8 Å². The van der Waals surface area contributed by atoms with Gasteiger partial charge in [-0.25, -0.2) is 14.4 Å². The van der Waals surface area contributed by atoms with Crippen molar-refractivity contribution in [3.05, 3.63) is 34.9 Å². The predicted octanol–water partition coefficient (Wildman–Crippen LogP) is -0.973. The number of hydrogen-bond donors (Lipinski definition) is 6. The van der Waals surface area contributed by atoms with E-state index in [1.165, 1.54) is 19.2 Å². The Morgan fingerprint density at radius 2 is 2.11 bits per heavy atom. The van der Waals surface area contributed by atoms with Crippen LogP contribution in [0.15, 0.2) is 29.2 Å². The summed E-state index contributed by atoms with van der Waals surface area (Å²) in [4.78, 5) is 52.2. The molecular formula is C21H31N5O9S. The summed E-state index contributed by atoms with van der Waals surface area (Å²) in [6, 6.07) is -1.24. The van der Waals surface area contributed by atoms with Crippen molar-refractivity contribution in [2.24, 2.45) is 5.73 Å². The second kappa shape index (κ2) is 13.4. The molecule has 2 amide bonds. The summed E-state index contributed by atoms with van der Waals surface area (Å²) in [6.45, 7) is 6.42. The van der Waals surface area contributed by atoms with Crippen LogP contribution in [0.5, 0.6) is 0 Å². The Hall–Kier alpha value is -2.98. The van der Waals surface area contributed by atoms with E-state index < -0.39 is 66.9 Å². The molecule has 0 bridgehead atoms. The number of aliphatic hydroxyl groups excluding tert-OH is 2. The molecule has 1 aromatic rings. The lowest BCUT2D eigenvalue weighted by molar-refractivity contribution is -0.144. The average molecular weight is 530 g/mol. The highest BCUT2D eigenvalue weighted by Gasteiger charge is 2.38. The summed E-state index contributed by atoms with van der Waals surface area (Å²) in [5.74, 6) is -0.841. The number of thioether (sulfide) groups is 1. The summed E-state index contributed by atoms with van der Waals surface area (Å²) < 4.78 is 11.5. The molecule has 0 unspecified atom stereocenters. The maximum atomic E-state index is 12.4. The van der Waals surface area contributed by atoms with Gasteiger partial charge >= 0.3 is 17.8 Å². The van der Waals surface area contributed by atoms with Crippen molar-refractivity contribution in [3.8, 4) is 0 Å². The molecule has 200 valence electrons. The van der Waals surface area contributed by atoms with Crippen LogP contribution in [0.25, 0.3) is 0 Å². The van der Waals surface area contributed by atoms with Crippen molar-refractivity contribution in [2.45, 2.75) is 56.9 Å². The number of nitrogens with one attached hydrogen (secondary N) is 2. The van der Waals surface area contributed by atoms with Gasteiger partial charge in [0.2, 0.25) is 5.91 Å². The third kappa shape index (κ3) is 7.51. The Labute approximate surface area is 210 Å². The zero-order valence-corrected chi connectivity index (χ0v) is 20.6. The number of hydrogen-bond acceptors (Lipinski definition) is 11. The molecule has 1 aliphatic rings. The summed E-state index contributed by atoms with van der Waals surface area (Å²) in [5, 5.41) is 33.2. The third-order valence-electron chi connectivity index (χ3n) is 5.29. The molecule has 1 fully saturated rings. The maximum Gasteiger partial charge on any atom is 0.413 e. The Balaban J connectivity index is 1.99. The smallest absolute Gasteiger partial charge is 0.413 e. The quantitative estimate of drug-likeness (QED) is 0.142. The van der Waals surface area contributed by atoms with E-state index in [9.17, 15) is 34.5 Å². The van der Waals surface area contributed by atoms with E-state index in [0.717, 1.165) is 10.3 Å². The van der Waals surface area contributed by atoms with Crippen molar-refractivity contribution in [1.29, 1.82) is 0 Å². The van der Waals surface area contributed by atoms with Crippen LogP contribution in [0.2, 0.25) is 0 Å². The number of ether oxygens (including phenoxy) is 2. The number of nitrogens with zero attached hydrogens (tertiary/aromatic N) is 2. The standard InChI is InChI=1S/C21H31N5O9S/c1-4-36-8-6-12(22)17(29)25-15(19(30)31)11(3)34-21(33)24-14-5-7-26(20(32)23-14)18-10(2)16(28)13(9-27)35-18/h5,7,11-13,15-16,18,27-28H,2,4,6,8-9,22H2,1,3H3,(H,25,29)(H,30,31)(H,23,24,32,33)/t11-,12-,13+,15+,16-,18+/m0/s1. The normalized spacial score (nSPS) is 21.9. The van der Waals surface area contributed by atoms with E-state index in [0.29, 0.717) is 12.2 Å². The van der Waals surface area contributed by atoms with E-state index in [2.05, 4.69) is 22.2 Å². The molecule has 2 rings (SSSR count). The number of aliphatic carboxylic acids is 1. The summed E-state index contributed by atoms with van der Waals surface area (Å²) in [7, 11) is 0. The SMILES string of the molecule is C=C1[C@H](n2ccc(NC(=O)O[C@@H](C)[C@@H](NC(=O)[C@@H](N)CCSCC)C(=O)O)nc2=O)O[C@H](CO)[C@H]1O. The molecule has 36 heavy (non-hydrogen) atoms. The highest BCUT2D eigenvalue weighted by Crippen LogP contribution is 2.31. The third-order valence-corrected chi connectivity index (χ3v) is 6.22. The van der Waals surface area contributed by atoms with Crippen LogP contribution in [0.4, 0.5) is 10.6 Å². The highest BCUT2D eigenvalue weighted by molar-refractivity contribution is 7.99. The van der Waals surface area contributed by atoms with Gasteiger partial charge in [-0.15, -0.1) is 0 Å². The Kier molecular flexibility index (Phi) is 10.9. The first-order chi connectivity index (χ1) is 17.0. The molecule has 1 saturated heterocycles. The van der Waals surface area contributed by atoms with Gasteiger partial charge in [0.15, 0.2) is 12.3 Å². The van der Waals surface area contributed by atoms with Gasteiger partial charge in [-0.05, 0) is 30.9 Å². The number of nitrogens with two attached hydrogens (primary N) is 1. The van der Waals surface area contributed by atoms with Crippen molar-refractivity contribution < 1.29 is 39.2 Å². The number of amides is 2. The first-order valence-corrected chi connectivity index (χ1v) is 12.2. The minimum Gasteiger partial charge on any atom is -0.480 e. The number of carboxylic acids is 1. The fourth-order valence-electron chi connectivity index (χ4n) is 3.26. The Morgan fingerprint density at radius 1 is 1.42 bits per heavy atom. The lowest BCUT2D eigenvalue weighted by Crippen LogP contribution is -2.53. The number of rotatable bonds is 12. The first kappa shape index (κ1) is 29.3. The first-order valence-electron chi connectivity index (χ1n) is 11.1. The number of aliphatic hydroxyl groups is 2. The van der Waals surface area contributed by atoms with Crippen molar-refractivity contribution in [1.82, 2.24) is 14.9 Å². The van der Waals surface area contributed by atoms with E-state index in [-0.39, 0.29) is 11.4 Å². The van der Waals surface area contributed by atoms with Gasteiger partial charge in [0.25, 0.3) is 0 Å². The summed E-state index contributed by atoms with van der Waals surface area (Å²) in [6.07, 6.45) is -4.02. The second-order valence-electron chi connectivity index (χ2n) is 7.88. The fraction of sp³-hybridized carbons (Fsp3) is 0.571. The van der Waals surface area contributed by atoms with Gasteiger partial charge in [0.05, 0.1) is 12.6 Å². The van der Waals surface area contributed by atoms with E-state index in [1.807, 2.05) is 6.92 Å². The predicted molar refractivity (Wildman–Crippen MR) is 129 cm³/mol. The Bertz CT molecular complexity index is 1020. The van der Waals surface area contributed by atoms with E-state index in [1.54, 1.807) is 11.8 Å². The summed E-state index contributed by atoms with van der Waals surface area (Å²) >= 11 is 1.59. The molecule has 0 spiro atoms. The van der Waals surface area contributed by atoms with Gasteiger partial charge < -0.3 is 35.8 Å². The van der Waals surface area contributed by atoms with Crippen LogP contribution in [-0.2, 0) is 19.1 Å². The van der Waals surface area contributed by atoms with Gasteiger partial charge in [-0.2, -0.15) is 16.7 Å².